The van der Waals surface area contributed by atoms with Crippen LogP contribution in [0.4, 0.5) is 20.2 Å². The van der Waals surface area contributed by atoms with Gasteiger partial charge in [-0.15, -0.1) is 11.3 Å². The van der Waals surface area contributed by atoms with Crippen molar-refractivity contribution in [3.8, 4) is 0 Å². The van der Waals surface area contributed by atoms with Gasteiger partial charge in [0.15, 0.2) is 0 Å². The van der Waals surface area contributed by atoms with Gasteiger partial charge in [0.25, 0.3) is 11.8 Å². The van der Waals surface area contributed by atoms with E-state index >= 15 is 0 Å². The molecule has 144 valence electrons. The van der Waals surface area contributed by atoms with Crippen molar-refractivity contribution in [2.24, 2.45) is 0 Å². The van der Waals surface area contributed by atoms with Crippen molar-refractivity contribution in [2.45, 2.75) is 6.42 Å². The van der Waals surface area contributed by atoms with Crippen molar-refractivity contribution >= 4 is 40.1 Å². The normalized spacial score (nSPS) is 16.2. The standard InChI is InChI=1S/C22H14F2N2O2S/c23-14-7-8-15(24)17(12-14)26-21(27)19(18-6-3-11-29-18)20(22(26)28)25-10-9-13-4-1-2-5-16(13)25/h1-8,11-12H,9-10H2. The third-order valence-electron chi connectivity index (χ3n) is 5.13. The van der Waals surface area contributed by atoms with E-state index in [9.17, 15) is 18.4 Å². The number of hydrogen-bond donors (Lipinski definition) is 0. The minimum absolute atomic E-state index is 0.200. The molecule has 0 saturated carbocycles. The number of benzene rings is 2. The van der Waals surface area contributed by atoms with Gasteiger partial charge < -0.3 is 4.90 Å². The first-order chi connectivity index (χ1) is 14.1. The fourth-order valence-electron chi connectivity index (χ4n) is 3.86. The summed E-state index contributed by atoms with van der Waals surface area (Å²) in [7, 11) is 0. The van der Waals surface area contributed by atoms with Gasteiger partial charge in [-0.1, -0.05) is 24.3 Å². The number of anilines is 2. The summed E-state index contributed by atoms with van der Waals surface area (Å²) in [5, 5.41) is 1.81. The maximum Gasteiger partial charge on any atom is 0.282 e. The number of thiophene rings is 1. The van der Waals surface area contributed by atoms with Crippen LogP contribution in [0.5, 0.6) is 0 Å². The quantitative estimate of drug-likeness (QED) is 0.604. The molecule has 3 heterocycles. The fourth-order valence-corrected chi connectivity index (χ4v) is 4.62. The van der Waals surface area contributed by atoms with Crippen LogP contribution in [0.1, 0.15) is 10.4 Å². The number of carbonyl (C=O) groups is 2. The zero-order chi connectivity index (χ0) is 20.1. The highest BCUT2D eigenvalue weighted by Crippen LogP contribution is 2.41. The Balaban J connectivity index is 1.69. The lowest BCUT2D eigenvalue weighted by Gasteiger charge is -2.22. The minimum Gasteiger partial charge on any atom is -0.336 e. The third kappa shape index (κ3) is 2.69. The summed E-state index contributed by atoms with van der Waals surface area (Å²) in [6.45, 7) is 0.530. The number of carbonyl (C=O) groups excluding carboxylic acids is 2. The van der Waals surface area contributed by atoms with Crippen molar-refractivity contribution in [2.75, 3.05) is 16.3 Å². The molecule has 0 bridgehead atoms. The average Bonchev–Trinajstić information content (AvgIpc) is 3.42. The summed E-state index contributed by atoms with van der Waals surface area (Å²) in [4.78, 5) is 29.9. The Morgan fingerprint density at radius 3 is 2.52 bits per heavy atom. The first kappa shape index (κ1) is 17.8. The number of imide groups is 1. The highest BCUT2D eigenvalue weighted by atomic mass is 32.1. The topological polar surface area (TPSA) is 40.6 Å². The molecule has 0 N–H and O–H groups in total. The van der Waals surface area contributed by atoms with E-state index in [1.165, 1.54) is 11.3 Å². The van der Waals surface area contributed by atoms with E-state index in [-0.39, 0.29) is 17.0 Å². The number of hydrogen-bond acceptors (Lipinski definition) is 4. The Bertz CT molecular complexity index is 1190. The van der Waals surface area contributed by atoms with Crippen LogP contribution in [0.3, 0.4) is 0 Å². The number of nitrogens with zero attached hydrogens (tertiary/aromatic N) is 2. The molecule has 2 aliphatic rings. The van der Waals surface area contributed by atoms with E-state index in [2.05, 4.69) is 0 Å². The van der Waals surface area contributed by atoms with E-state index in [0.717, 1.165) is 40.8 Å². The van der Waals surface area contributed by atoms with E-state index in [0.29, 0.717) is 11.4 Å². The first-order valence-electron chi connectivity index (χ1n) is 9.03. The van der Waals surface area contributed by atoms with Crippen molar-refractivity contribution in [3.05, 3.63) is 87.7 Å². The zero-order valence-electron chi connectivity index (χ0n) is 15.1. The zero-order valence-corrected chi connectivity index (χ0v) is 15.9. The van der Waals surface area contributed by atoms with Gasteiger partial charge in [0.05, 0.1) is 11.3 Å². The third-order valence-corrected chi connectivity index (χ3v) is 6.02. The number of halogens is 2. The van der Waals surface area contributed by atoms with Crippen molar-refractivity contribution < 1.29 is 18.4 Å². The van der Waals surface area contributed by atoms with E-state index < -0.39 is 23.4 Å². The van der Waals surface area contributed by atoms with Gasteiger partial charge in [-0.3, -0.25) is 9.59 Å². The largest absolute Gasteiger partial charge is 0.336 e. The second-order valence-corrected chi connectivity index (χ2v) is 7.72. The molecule has 0 atom stereocenters. The van der Waals surface area contributed by atoms with Gasteiger partial charge in [0.2, 0.25) is 0 Å². The summed E-state index contributed by atoms with van der Waals surface area (Å²) in [6, 6.07) is 13.9. The lowest BCUT2D eigenvalue weighted by Crippen LogP contribution is -2.35. The molecule has 2 aromatic carbocycles. The summed E-state index contributed by atoms with van der Waals surface area (Å²) < 4.78 is 28.2. The fraction of sp³-hybridized carbons (Fsp3) is 0.0909. The Morgan fingerprint density at radius 1 is 0.897 bits per heavy atom. The monoisotopic (exact) mass is 408 g/mol. The van der Waals surface area contributed by atoms with Crippen molar-refractivity contribution in [1.82, 2.24) is 0 Å². The lowest BCUT2D eigenvalue weighted by atomic mass is 10.1. The van der Waals surface area contributed by atoms with Crippen LogP contribution < -0.4 is 9.80 Å². The molecule has 4 nitrogen and oxygen atoms in total. The van der Waals surface area contributed by atoms with Gasteiger partial charge in [0, 0.05) is 23.2 Å². The Hall–Kier alpha value is -3.32. The SMILES string of the molecule is O=C1C(c2cccs2)=C(N2CCc3ccccc32)C(=O)N1c1cc(F)ccc1F. The Labute approximate surface area is 169 Å². The summed E-state index contributed by atoms with van der Waals surface area (Å²) in [5.41, 5.74) is 1.95. The molecular weight excluding hydrogens is 394 g/mol. The molecule has 3 aromatic rings. The van der Waals surface area contributed by atoms with Gasteiger partial charge in [-0.05, 0) is 41.6 Å². The molecule has 0 saturated heterocycles. The molecule has 0 fully saturated rings. The first-order valence-corrected chi connectivity index (χ1v) is 9.91. The average molecular weight is 408 g/mol. The lowest BCUT2D eigenvalue weighted by molar-refractivity contribution is -0.120. The molecule has 5 rings (SSSR count). The molecule has 2 amide bonds. The highest BCUT2D eigenvalue weighted by molar-refractivity contribution is 7.11. The van der Waals surface area contributed by atoms with Gasteiger partial charge in [-0.2, -0.15) is 0 Å². The molecular formula is C22H14F2N2O2S. The molecule has 0 aliphatic carbocycles. The van der Waals surface area contributed by atoms with Crippen LogP contribution in [0.2, 0.25) is 0 Å². The van der Waals surface area contributed by atoms with Crippen LogP contribution in [-0.4, -0.2) is 18.4 Å². The Morgan fingerprint density at radius 2 is 1.72 bits per heavy atom. The summed E-state index contributed by atoms with van der Waals surface area (Å²) >= 11 is 1.32. The van der Waals surface area contributed by atoms with Crippen LogP contribution in [0, 0.1) is 11.6 Å². The second kappa shape index (κ2) is 6.63. The van der Waals surface area contributed by atoms with Crippen LogP contribution in [0.15, 0.2) is 65.7 Å². The molecule has 29 heavy (non-hydrogen) atoms. The molecule has 2 aliphatic heterocycles. The number of rotatable bonds is 3. The maximum absolute atomic E-state index is 14.4. The van der Waals surface area contributed by atoms with Gasteiger partial charge in [-0.25, -0.2) is 13.7 Å². The second-order valence-electron chi connectivity index (χ2n) is 6.77. The number of amides is 2. The van der Waals surface area contributed by atoms with Crippen LogP contribution >= 0.6 is 11.3 Å². The highest BCUT2D eigenvalue weighted by Gasteiger charge is 2.45. The number of fused-ring (bicyclic) bond motifs is 1. The van der Waals surface area contributed by atoms with Crippen molar-refractivity contribution in [1.29, 1.82) is 0 Å². The Kier molecular flexibility index (Phi) is 4.06. The van der Waals surface area contributed by atoms with Gasteiger partial charge >= 0.3 is 0 Å². The minimum atomic E-state index is -0.832. The van der Waals surface area contributed by atoms with Crippen LogP contribution in [-0.2, 0) is 16.0 Å². The maximum atomic E-state index is 14.4. The van der Waals surface area contributed by atoms with E-state index in [1.54, 1.807) is 17.5 Å². The van der Waals surface area contributed by atoms with Gasteiger partial charge in [0.1, 0.15) is 17.3 Å². The summed E-state index contributed by atoms with van der Waals surface area (Å²) in [5.74, 6) is -2.86. The molecule has 7 heteroatoms. The summed E-state index contributed by atoms with van der Waals surface area (Å²) in [6.07, 6.45) is 0.729. The molecule has 1 aromatic heterocycles. The molecule has 0 radical (unpaired) electrons. The van der Waals surface area contributed by atoms with E-state index in [4.69, 9.17) is 0 Å². The van der Waals surface area contributed by atoms with Crippen LogP contribution in [0.25, 0.3) is 5.57 Å². The van der Waals surface area contributed by atoms with E-state index in [1.807, 2.05) is 29.2 Å². The van der Waals surface area contributed by atoms with Crippen molar-refractivity contribution in [3.63, 3.8) is 0 Å². The number of para-hydroxylation sites is 1. The predicted octanol–water partition coefficient (Wildman–Crippen LogP) is 4.37. The molecule has 0 spiro atoms. The smallest absolute Gasteiger partial charge is 0.282 e. The predicted molar refractivity (Wildman–Crippen MR) is 108 cm³/mol. The molecule has 0 unspecified atom stereocenters.